The molecule has 0 bridgehead atoms. The topological polar surface area (TPSA) is 99.8 Å². The van der Waals surface area contributed by atoms with Crippen LogP contribution in [0.25, 0.3) is 10.9 Å². The van der Waals surface area contributed by atoms with Crippen LogP contribution in [0.1, 0.15) is 23.0 Å². The highest BCUT2D eigenvalue weighted by Crippen LogP contribution is 2.17. The standard InChI is InChI=1S/C11H9NO2.C8H11NO2/c1-7-6-9(11(13)14)8-4-2-3-5-10(8)12-7;1-3-4-7(8(10)11)5-6-9-2/h2-6H,1H3,(H,13,14);3-6H,1-2H3,(H,10,11)/b;4-3+,7-5+,9-6?. The predicted molar refractivity (Wildman–Crippen MR) is 98.4 cm³/mol. The van der Waals surface area contributed by atoms with E-state index in [-0.39, 0.29) is 5.57 Å². The molecule has 1 aromatic heterocycles. The zero-order valence-corrected chi connectivity index (χ0v) is 14.3. The van der Waals surface area contributed by atoms with Crippen molar-refractivity contribution in [1.29, 1.82) is 0 Å². The van der Waals surface area contributed by atoms with Crippen molar-refractivity contribution in [3.8, 4) is 0 Å². The average molecular weight is 340 g/mol. The zero-order chi connectivity index (χ0) is 18.8. The zero-order valence-electron chi connectivity index (χ0n) is 14.3. The number of benzene rings is 1. The fraction of sp³-hybridized carbons (Fsp3) is 0.158. The fourth-order valence-corrected chi connectivity index (χ4v) is 2.02. The Bertz CT molecular complexity index is 852. The summed E-state index contributed by atoms with van der Waals surface area (Å²) < 4.78 is 0. The Labute approximate surface area is 145 Å². The summed E-state index contributed by atoms with van der Waals surface area (Å²) in [5.41, 5.74) is 2.00. The molecule has 0 spiro atoms. The summed E-state index contributed by atoms with van der Waals surface area (Å²) in [4.78, 5) is 29.3. The van der Waals surface area contributed by atoms with Gasteiger partial charge < -0.3 is 10.2 Å². The van der Waals surface area contributed by atoms with Crippen molar-refractivity contribution in [1.82, 2.24) is 4.98 Å². The van der Waals surface area contributed by atoms with Gasteiger partial charge in [-0.25, -0.2) is 9.59 Å². The molecular weight excluding hydrogens is 320 g/mol. The van der Waals surface area contributed by atoms with Crippen molar-refractivity contribution < 1.29 is 19.8 Å². The Morgan fingerprint density at radius 2 is 1.88 bits per heavy atom. The average Bonchev–Trinajstić information content (AvgIpc) is 2.58. The molecule has 2 aromatic rings. The number of pyridine rings is 1. The monoisotopic (exact) mass is 340 g/mol. The second kappa shape index (κ2) is 9.77. The number of hydrogen-bond acceptors (Lipinski definition) is 4. The second-order valence-corrected chi connectivity index (χ2v) is 4.97. The minimum absolute atomic E-state index is 0.234. The van der Waals surface area contributed by atoms with Crippen molar-refractivity contribution >= 4 is 29.1 Å². The molecule has 0 aliphatic heterocycles. The molecule has 6 nitrogen and oxygen atoms in total. The molecular formula is C19H20N2O4. The van der Waals surface area contributed by atoms with Gasteiger partial charge in [0, 0.05) is 24.3 Å². The largest absolute Gasteiger partial charge is 0.478 e. The number of fused-ring (bicyclic) bond motifs is 1. The molecule has 0 aliphatic carbocycles. The van der Waals surface area contributed by atoms with E-state index < -0.39 is 11.9 Å². The van der Waals surface area contributed by atoms with Gasteiger partial charge in [0.1, 0.15) is 0 Å². The lowest BCUT2D eigenvalue weighted by Crippen LogP contribution is -1.99. The van der Waals surface area contributed by atoms with Crippen LogP contribution in [-0.4, -0.2) is 40.4 Å². The number of aryl methyl sites for hydroxylation is 1. The quantitative estimate of drug-likeness (QED) is 0.504. The maximum Gasteiger partial charge on any atom is 0.336 e. The van der Waals surface area contributed by atoms with Crippen LogP contribution in [0.15, 0.2) is 59.1 Å². The smallest absolute Gasteiger partial charge is 0.336 e. The van der Waals surface area contributed by atoms with E-state index in [0.29, 0.717) is 10.9 Å². The van der Waals surface area contributed by atoms with Crippen molar-refractivity contribution in [2.45, 2.75) is 13.8 Å². The highest BCUT2D eigenvalue weighted by atomic mass is 16.4. The number of aliphatic carboxylic acids is 1. The van der Waals surface area contributed by atoms with Crippen molar-refractivity contribution in [3.05, 3.63) is 65.4 Å². The van der Waals surface area contributed by atoms with Crippen LogP contribution >= 0.6 is 0 Å². The number of hydrogen-bond donors (Lipinski definition) is 2. The molecule has 0 saturated heterocycles. The summed E-state index contributed by atoms with van der Waals surface area (Å²) >= 11 is 0. The van der Waals surface area contributed by atoms with Gasteiger partial charge in [-0.15, -0.1) is 0 Å². The van der Waals surface area contributed by atoms with Crippen LogP contribution in [0.5, 0.6) is 0 Å². The molecule has 0 fully saturated rings. The van der Waals surface area contributed by atoms with E-state index in [2.05, 4.69) is 9.98 Å². The second-order valence-electron chi connectivity index (χ2n) is 4.97. The van der Waals surface area contributed by atoms with Crippen LogP contribution in [0.3, 0.4) is 0 Å². The Hall–Kier alpha value is -3.28. The number of aliphatic imine (C=N–C) groups is 1. The lowest BCUT2D eigenvalue weighted by atomic mass is 10.1. The highest BCUT2D eigenvalue weighted by Gasteiger charge is 2.09. The molecule has 0 radical (unpaired) electrons. The van der Waals surface area contributed by atoms with Crippen LogP contribution in [-0.2, 0) is 4.79 Å². The van der Waals surface area contributed by atoms with E-state index in [1.807, 2.05) is 18.2 Å². The lowest BCUT2D eigenvalue weighted by molar-refractivity contribution is -0.132. The molecule has 25 heavy (non-hydrogen) atoms. The normalized spacial score (nSPS) is 11.6. The lowest BCUT2D eigenvalue weighted by Gasteiger charge is -2.02. The van der Waals surface area contributed by atoms with Gasteiger partial charge in [-0.3, -0.25) is 9.98 Å². The van der Waals surface area contributed by atoms with Gasteiger partial charge in [-0.2, -0.15) is 0 Å². The summed E-state index contributed by atoms with van der Waals surface area (Å²) in [6.07, 6.45) is 6.08. The molecule has 1 aromatic carbocycles. The molecule has 130 valence electrons. The minimum atomic E-state index is -0.942. The minimum Gasteiger partial charge on any atom is -0.478 e. The third-order valence-electron chi connectivity index (χ3n) is 3.07. The number of carboxylic acids is 2. The third kappa shape index (κ3) is 6.02. The first-order chi connectivity index (χ1) is 11.9. The van der Waals surface area contributed by atoms with Gasteiger partial charge in [0.2, 0.25) is 0 Å². The Morgan fingerprint density at radius 1 is 1.20 bits per heavy atom. The van der Waals surface area contributed by atoms with E-state index >= 15 is 0 Å². The van der Waals surface area contributed by atoms with Crippen molar-refractivity contribution in [3.63, 3.8) is 0 Å². The van der Waals surface area contributed by atoms with Gasteiger partial charge in [-0.05, 0) is 32.1 Å². The first-order valence-corrected chi connectivity index (χ1v) is 7.48. The maximum absolute atomic E-state index is 10.9. The van der Waals surface area contributed by atoms with Gasteiger partial charge >= 0.3 is 11.9 Å². The Kier molecular flexibility index (Phi) is 7.72. The number of carbonyl (C=O) groups is 2. The first-order valence-electron chi connectivity index (χ1n) is 7.48. The van der Waals surface area contributed by atoms with Gasteiger partial charge in [-0.1, -0.05) is 30.4 Å². The molecule has 0 aliphatic rings. The first kappa shape index (κ1) is 19.8. The number of nitrogens with zero attached hydrogens (tertiary/aromatic N) is 2. The summed E-state index contributed by atoms with van der Waals surface area (Å²) in [6, 6.07) is 8.83. The number of aromatic carboxylic acids is 1. The van der Waals surface area contributed by atoms with Gasteiger partial charge in [0.05, 0.1) is 16.7 Å². The SMILES string of the molecule is C/C=C/C(=C\C=NC)C(=O)O.Cc1cc(C(=O)O)c2ccccc2n1. The number of rotatable bonds is 4. The molecule has 6 heteroatoms. The fourth-order valence-electron chi connectivity index (χ4n) is 2.02. The Balaban J connectivity index is 0.000000260. The number of aromatic nitrogens is 1. The maximum atomic E-state index is 10.9. The van der Waals surface area contributed by atoms with Crippen LogP contribution in [0.2, 0.25) is 0 Å². The van der Waals surface area contributed by atoms with Crippen LogP contribution in [0.4, 0.5) is 0 Å². The van der Waals surface area contributed by atoms with Gasteiger partial charge in [0.15, 0.2) is 0 Å². The number of para-hydroxylation sites is 1. The molecule has 0 atom stereocenters. The molecule has 1 heterocycles. The van der Waals surface area contributed by atoms with E-state index in [1.165, 1.54) is 18.4 Å². The van der Waals surface area contributed by atoms with E-state index in [9.17, 15) is 9.59 Å². The summed E-state index contributed by atoms with van der Waals surface area (Å²) in [5, 5.41) is 18.2. The summed E-state index contributed by atoms with van der Waals surface area (Å²) in [7, 11) is 1.59. The third-order valence-corrected chi connectivity index (χ3v) is 3.07. The van der Waals surface area contributed by atoms with Gasteiger partial charge in [0.25, 0.3) is 0 Å². The van der Waals surface area contributed by atoms with Crippen molar-refractivity contribution in [2.75, 3.05) is 7.05 Å². The van der Waals surface area contributed by atoms with Crippen LogP contribution < -0.4 is 0 Å². The molecule has 2 N–H and O–H groups in total. The highest BCUT2D eigenvalue weighted by molar-refractivity contribution is 6.02. The molecule has 2 rings (SSSR count). The Morgan fingerprint density at radius 3 is 2.44 bits per heavy atom. The molecule has 0 unspecified atom stereocenters. The van der Waals surface area contributed by atoms with Crippen molar-refractivity contribution in [2.24, 2.45) is 4.99 Å². The van der Waals surface area contributed by atoms with E-state index in [0.717, 1.165) is 11.2 Å². The number of allylic oxidation sites excluding steroid dienone is 2. The van der Waals surface area contributed by atoms with E-state index in [4.69, 9.17) is 10.2 Å². The molecule has 0 amide bonds. The predicted octanol–water partition coefficient (Wildman–Crippen LogP) is 3.52. The summed E-state index contributed by atoms with van der Waals surface area (Å²) in [6.45, 7) is 3.55. The summed E-state index contributed by atoms with van der Waals surface area (Å²) in [5.74, 6) is -1.85. The van der Waals surface area contributed by atoms with Crippen LogP contribution in [0, 0.1) is 6.92 Å². The number of carboxylic acid groups (broad SMARTS) is 2. The molecule has 0 saturated carbocycles. The van der Waals surface area contributed by atoms with E-state index in [1.54, 1.807) is 39.1 Å².